The van der Waals surface area contributed by atoms with Gasteiger partial charge in [0.25, 0.3) is 0 Å². The molecule has 11 heteroatoms. The Morgan fingerprint density at radius 2 is 1.17 bits per heavy atom. The maximum absolute atomic E-state index is 12.8. The number of aryl methyl sites for hydroxylation is 1. The molecule has 0 N–H and O–H groups in total. The monoisotopic (exact) mass is 752 g/mol. The summed E-state index contributed by atoms with van der Waals surface area (Å²) in [4.78, 5) is 31.7. The van der Waals surface area contributed by atoms with Gasteiger partial charge in [0, 0.05) is 59.1 Å². The first-order chi connectivity index (χ1) is 25.2. The fourth-order valence-corrected chi connectivity index (χ4v) is 6.39. The van der Waals surface area contributed by atoms with Crippen molar-refractivity contribution in [3.05, 3.63) is 119 Å². The van der Waals surface area contributed by atoms with Crippen LogP contribution in [0.15, 0.2) is 112 Å². The number of anilines is 2. The lowest BCUT2D eigenvalue weighted by molar-refractivity contribution is -0.130. The average molecular weight is 754 g/mol. The minimum absolute atomic E-state index is 0.0993. The molecule has 0 aromatic heterocycles. The molecule has 8 nitrogen and oxygen atoms in total. The zero-order valence-electron chi connectivity index (χ0n) is 29.1. The van der Waals surface area contributed by atoms with Crippen molar-refractivity contribution in [1.29, 1.82) is 10.5 Å². The van der Waals surface area contributed by atoms with Crippen molar-refractivity contribution < 1.29 is 19.1 Å². The molecule has 0 saturated carbocycles. The maximum Gasteiger partial charge on any atom is 0.354 e. The van der Waals surface area contributed by atoms with Crippen molar-refractivity contribution >= 4 is 70.4 Å². The number of carbonyl (C=O) groups excluding carboxylic acids is 2. The number of benzene rings is 4. The standard InChI is InChI=1S/C41H38Cl2N4O4S/c1-4-46(5-2)35-11-8-31(29(3)24-35)26-33(28-45)41(49)51-37-14-18-39(19-15-37)52-38-16-12-36(13-17-38)50-40(48)32(27-44)25-30-6-9-34(10-7-30)47(22-20-42)23-21-43/h6-19,24-26H,4-5,20-23H2,1-3H3/b32-25+,33-26+. The third-order valence-electron chi connectivity index (χ3n) is 7.94. The number of hydrogen-bond donors (Lipinski definition) is 0. The molecule has 0 unspecified atom stereocenters. The summed E-state index contributed by atoms with van der Waals surface area (Å²) in [5, 5.41) is 19.3. The third kappa shape index (κ3) is 11.2. The highest BCUT2D eigenvalue weighted by atomic mass is 35.5. The molecule has 0 heterocycles. The Kier molecular flexibility index (Phi) is 15.2. The van der Waals surface area contributed by atoms with Gasteiger partial charge in [-0.3, -0.25) is 0 Å². The number of ether oxygens (including phenoxy) is 2. The number of halogens is 2. The summed E-state index contributed by atoms with van der Waals surface area (Å²) in [6.45, 7) is 9.21. The molecule has 0 amide bonds. The summed E-state index contributed by atoms with van der Waals surface area (Å²) in [5.41, 5.74) is 4.19. The predicted octanol–water partition coefficient (Wildman–Crippen LogP) is 9.30. The molecule has 0 radical (unpaired) electrons. The van der Waals surface area contributed by atoms with Gasteiger partial charge in [0.1, 0.15) is 34.8 Å². The van der Waals surface area contributed by atoms with Crippen LogP contribution in [-0.2, 0) is 9.59 Å². The number of alkyl halides is 2. The summed E-state index contributed by atoms with van der Waals surface area (Å²) in [6.07, 6.45) is 3.03. The highest BCUT2D eigenvalue weighted by Gasteiger charge is 2.15. The Balaban J connectivity index is 1.33. The Hall–Kier alpha value is -5.19. The van der Waals surface area contributed by atoms with Crippen LogP contribution in [0.1, 0.15) is 30.5 Å². The molecule has 0 saturated heterocycles. The molecule has 4 aromatic rings. The van der Waals surface area contributed by atoms with E-state index in [-0.39, 0.29) is 11.1 Å². The van der Waals surface area contributed by atoms with Gasteiger partial charge >= 0.3 is 11.9 Å². The zero-order valence-corrected chi connectivity index (χ0v) is 31.5. The van der Waals surface area contributed by atoms with Gasteiger partial charge in [0.05, 0.1) is 0 Å². The Morgan fingerprint density at radius 1 is 0.692 bits per heavy atom. The lowest BCUT2D eigenvalue weighted by Crippen LogP contribution is -2.27. The molecule has 0 atom stereocenters. The molecule has 0 aliphatic carbocycles. The smallest absolute Gasteiger partial charge is 0.354 e. The van der Waals surface area contributed by atoms with E-state index in [2.05, 4.69) is 23.6 Å². The van der Waals surface area contributed by atoms with Crippen LogP contribution in [0.5, 0.6) is 11.5 Å². The fourth-order valence-electron chi connectivity index (χ4n) is 5.17. The van der Waals surface area contributed by atoms with Crippen LogP contribution in [0.25, 0.3) is 12.2 Å². The van der Waals surface area contributed by atoms with Crippen molar-refractivity contribution in [3.8, 4) is 23.6 Å². The topological polar surface area (TPSA) is 107 Å². The second-order valence-corrected chi connectivity index (χ2v) is 13.2. The first kappa shape index (κ1) is 39.6. The molecule has 0 aliphatic heterocycles. The quantitative estimate of drug-likeness (QED) is 0.0364. The first-order valence-corrected chi connectivity index (χ1v) is 18.5. The van der Waals surface area contributed by atoms with E-state index in [1.807, 2.05) is 61.5 Å². The van der Waals surface area contributed by atoms with E-state index in [0.29, 0.717) is 41.9 Å². The van der Waals surface area contributed by atoms with E-state index in [9.17, 15) is 20.1 Å². The van der Waals surface area contributed by atoms with Crippen LogP contribution in [0.4, 0.5) is 11.4 Å². The van der Waals surface area contributed by atoms with Gasteiger partial charge in [-0.05, 0) is 122 Å². The first-order valence-electron chi connectivity index (χ1n) is 16.6. The number of nitrogens with zero attached hydrogens (tertiary/aromatic N) is 4. The van der Waals surface area contributed by atoms with Crippen molar-refractivity contribution in [2.45, 2.75) is 30.6 Å². The number of carbonyl (C=O) groups is 2. The summed E-state index contributed by atoms with van der Waals surface area (Å²) >= 11 is 13.3. The Bertz CT molecular complexity index is 1970. The number of esters is 2. The maximum atomic E-state index is 12.8. The van der Waals surface area contributed by atoms with Crippen molar-refractivity contribution in [2.75, 3.05) is 47.7 Å². The zero-order chi connectivity index (χ0) is 37.5. The molecular formula is C41H38Cl2N4O4S. The highest BCUT2D eigenvalue weighted by Crippen LogP contribution is 2.31. The van der Waals surface area contributed by atoms with Crippen LogP contribution >= 0.6 is 35.0 Å². The van der Waals surface area contributed by atoms with Crippen molar-refractivity contribution in [1.82, 2.24) is 0 Å². The third-order valence-corrected chi connectivity index (χ3v) is 9.30. The second-order valence-electron chi connectivity index (χ2n) is 11.3. The minimum atomic E-state index is -0.763. The van der Waals surface area contributed by atoms with Gasteiger partial charge in [0.2, 0.25) is 0 Å². The summed E-state index contributed by atoms with van der Waals surface area (Å²) in [5.74, 6) is 0.0336. The molecule has 266 valence electrons. The Morgan fingerprint density at radius 3 is 1.62 bits per heavy atom. The summed E-state index contributed by atoms with van der Waals surface area (Å²) in [7, 11) is 0. The normalized spacial score (nSPS) is 11.3. The molecule has 4 rings (SSSR count). The summed E-state index contributed by atoms with van der Waals surface area (Å²) in [6, 6.07) is 31.0. The van der Waals surface area contributed by atoms with E-state index in [1.54, 1.807) is 54.6 Å². The number of nitriles is 2. The van der Waals surface area contributed by atoms with Gasteiger partial charge in [-0.15, -0.1) is 23.2 Å². The number of rotatable bonds is 16. The van der Waals surface area contributed by atoms with Gasteiger partial charge in [0.15, 0.2) is 0 Å². The minimum Gasteiger partial charge on any atom is -0.422 e. The van der Waals surface area contributed by atoms with Crippen LogP contribution in [0.3, 0.4) is 0 Å². The second kappa shape index (κ2) is 20.0. The number of hydrogen-bond acceptors (Lipinski definition) is 9. The van der Waals surface area contributed by atoms with E-state index < -0.39 is 11.9 Å². The van der Waals surface area contributed by atoms with Crippen molar-refractivity contribution in [2.24, 2.45) is 0 Å². The average Bonchev–Trinajstić information content (AvgIpc) is 3.15. The van der Waals surface area contributed by atoms with Crippen LogP contribution < -0.4 is 19.3 Å². The largest absolute Gasteiger partial charge is 0.422 e. The van der Waals surface area contributed by atoms with Crippen LogP contribution in [-0.4, -0.2) is 49.9 Å². The predicted molar refractivity (Wildman–Crippen MR) is 210 cm³/mol. The van der Waals surface area contributed by atoms with E-state index in [1.165, 1.54) is 17.8 Å². The molecule has 52 heavy (non-hydrogen) atoms. The SMILES string of the molecule is CCN(CC)c1ccc(/C=C(\C#N)C(=O)Oc2ccc(Sc3ccc(OC(=O)/C(C#N)=C/c4ccc(N(CCCl)CCCl)cc4)cc3)cc2)c(C)c1. The molecule has 0 spiro atoms. The molecular weight excluding hydrogens is 715 g/mol. The van der Waals surface area contributed by atoms with Gasteiger partial charge in [-0.1, -0.05) is 30.0 Å². The molecule has 0 fully saturated rings. The van der Waals surface area contributed by atoms with E-state index in [4.69, 9.17) is 32.7 Å². The molecule has 4 aromatic carbocycles. The van der Waals surface area contributed by atoms with Crippen molar-refractivity contribution in [3.63, 3.8) is 0 Å². The van der Waals surface area contributed by atoms with Gasteiger partial charge in [-0.25, -0.2) is 9.59 Å². The molecule has 0 bridgehead atoms. The van der Waals surface area contributed by atoms with E-state index in [0.717, 1.165) is 45.4 Å². The summed E-state index contributed by atoms with van der Waals surface area (Å²) < 4.78 is 11.0. The lowest BCUT2D eigenvalue weighted by atomic mass is 10.0. The lowest BCUT2D eigenvalue weighted by Gasteiger charge is -2.22. The fraction of sp³-hybridized carbons (Fsp3) is 0.220. The Labute approximate surface area is 319 Å². The van der Waals surface area contributed by atoms with Crippen LogP contribution in [0, 0.1) is 29.6 Å². The molecule has 0 aliphatic rings. The van der Waals surface area contributed by atoms with Gasteiger partial charge in [-0.2, -0.15) is 10.5 Å². The van der Waals surface area contributed by atoms with Crippen LogP contribution in [0.2, 0.25) is 0 Å². The van der Waals surface area contributed by atoms with Gasteiger partial charge < -0.3 is 19.3 Å². The van der Waals surface area contributed by atoms with E-state index >= 15 is 0 Å². The highest BCUT2D eigenvalue weighted by molar-refractivity contribution is 7.99.